The van der Waals surface area contributed by atoms with Crippen molar-refractivity contribution in [3.8, 4) is 0 Å². The van der Waals surface area contributed by atoms with Gasteiger partial charge in [0.1, 0.15) is 5.54 Å². The summed E-state index contributed by atoms with van der Waals surface area (Å²) in [6.45, 7) is 6.35. The van der Waals surface area contributed by atoms with Gasteiger partial charge in [-0.3, -0.25) is 4.79 Å². The average molecular weight is 259 g/mol. The van der Waals surface area contributed by atoms with Gasteiger partial charge in [0, 0.05) is 13.0 Å². The van der Waals surface area contributed by atoms with Crippen LogP contribution >= 0.6 is 0 Å². The number of hydrogen-bond acceptors (Lipinski definition) is 4. The van der Waals surface area contributed by atoms with Crippen molar-refractivity contribution < 1.29 is 19.4 Å². The molecule has 0 aromatic carbocycles. The summed E-state index contributed by atoms with van der Waals surface area (Å²) < 4.78 is 10.9. The molecule has 2 N–H and O–H groups in total. The van der Waals surface area contributed by atoms with Crippen LogP contribution in [0.1, 0.15) is 39.5 Å². The van der Waals surface area contributed by atoms with Crippen molar-refractivity contribution in [3.63, 3.8) is 0 Å². The topological polar surface area (TPSA) is 67.8 Å². The van der Waals surface area contributed by atoms with E-state index in [1.165, 1.54) is 0 Å². The highest BCUT2D eigenvalue weighted by molar-refractivity contribution is 5.79. The maximum atomic E-state index is 11.4. The SMILES string of the molecule is CCNC1(C(=O)O)CCCC(OCCOCC)C1. The van der Waals surface area contributed by atoms with E-state index in [0.29, 0.717) is 39.2 Å². The van der Waals surface area contributed by atoms with E-state index in [2.05, 4.69) is 5.32 Å². The quantitative estimate of drug-likeness (QED) is 0.645. The Morgan fingerprint density at radius 1 is 1.44 bits per heavy atom. The van der Waals surface area contributed by atoms with Crippen molar-refractivity contribution in [2.45, 2.75) is 51.2 Å². The van der Waals surface area contributed by atoms with E-state index in [-0.39, 0.29) is 6.10 Å². The molecule has 18 heavy (non-hydrogen) atoms. The third kappa shape index (κ3) is 4.23. The maximum Gasteiger partial charge on any atom is 0.323 e. The van der Waals surface area contributed by atoms with Gasteiger partial charge in [-0.2, -0.15) is 0 Å². The largest absolute Gasteiger partial charge is 0.480 e. The number of carbonyl (C=O) groups is 1. The molecule has 2 unspecified atom stereocenters. The molecule has 0 spiro atoms. The molecule has 5 nitrogen and oxygen atoms in total. The highest BCUT2D eigenvalue weighted by Crippen LogP contribution is 2.30. The first-order valence-corrected chi connectivity index (χ1v) is 6.82. The Balaban J connectivity index is 2.45. The Morgan fingerprint density at radius 2 is 2.22 bits per heavy atom. The van der Waals surface area contributed by atoms with Gasteiger partial charge in [-0.1, -0.05) is 6.92 Å². The Bertz CT molecular complexity index is 255. The van der Waals surface area contributed by atoms with Gasteiger partial charge in [-0.05, 0) is 32.7 Å². The molecule has 1 fully saturated rings. The molecular weight excluding hydrogens is 234 g/mol. The molecule has 106 valence electrons. The first kappa shape index (κ1) is 15.4. The van der Waals surface area contributed by atoms with E-state index < -0.39 is 11.5 Å². The predicted octanol–water partition coefficient (Wildman–Crippen LogP) is 1.41. The van der Waals surface area contributed by atoms with Gasteiger partial charge in [-0.25, -0.2) is 0 Å². The summed E-state index contributed by atoms with van der Waals surface area (Å²) in [6, 6.07) is 0. The number of carboxylic acid groups (broad SMARTS) is 1. The van der Waals surface area contributed by atoms with Crippen LogP contribution in [0, 0.1) is 0 Å². The van der Waals surface area contributed by atoms with E-state index >= 15 is 0 Å². The van der Waals surface area contributed by atoms with Crippen molar-refractivity contribution in [1.29, 1.82) is 0 Å². The van der Waals surface area contributed by atoms with Crippen LogP contribution in [0.3, 0.4) is 0 Å². The minimum Gasteiger partial charge on any atom is -0.480 e. The molecule has 0 aromatic heterocycles. The summed E-state index contributed by atoms with van der Waals surface area (Å²) in [6.07, 6.45) is 3.07. The smallest absolute Gasteiger partial charge is 0.323 e. The third-order valence-electron chi connectivity index (χ3n) is 3.42. The van der Waals surface area contributed by atoms with Gasteiger partial charge in [0.2, 0.25) is 0 Å². The molecule has 1 saturated carbocycles. The van der Waals surface area contributed by atoms with Crippen molar-refractivity contribution in [2.24, 2.45) is 0 Å². The zero-order valence-electron chi connectivity index (χ0n) is 11.4. The molecule has 1 aliphatic rings. The third-order valence-corrected chi connectivity index (χ3v) is 3.42. The highest BCUT2D eigenvalue weighted by Gasteiger charge is 2.42. The van der Waals surface area contributed by atoms with Gasteiger partial charge < -0.3 is 19.9 Å². The summed E-state index contributed by atoms with van der Waals surface area (Å²) in [5.41, 5.74) is -0.802. The van der Waals surface area contributed by atoms with E-state index in [1.807, 2.05) is 13.8 Å². The number of likely N-dealkylation sites (N-methyl/N-ethyl adjacent to an activating group) is 1. The Hall–Kier alpha value is -0.650. The summed E-state index contributed by atoms with van der Waals surface area (Å²) in [5, 5.41) is 12.5. The molecule has 0 aromatic rings. The van der Waals surface area contributed by atoms with Gasteiger partial charge in [0.15, 0.2) is 0 Å². The van der Waals surface area contributed by atoms with Crippen LogP contribution < -0.4 is 5.32 Å². The van der Waals surface area contributed by atoms with Crippen LogP contribution in [0.25, 0.3) is 0 Å². The van der Waals surface area contributed by atoms with Gasteiger partial charge in [0.25, 0.3) is 0 Å². The Labute approximate surface area is 109 Å². The van der Waals surface area contributed by atoms with E-state index in [0.717, 1.165) is 12.8 Å². The van der Waals surface area contributed by atoms with Crippen LogP contribution in [0.5, 0.6) is 0 Å². The van der Waals surface area contributed by atoms with Crippen LogP contribution in [-0.2, 0) is 14.3 Å². The van der Waals surface area contributed by atoms with Crippen LogP contribution in [0.2, 0.25) is 0 Å². The van der Waals surface area contributed by atoms with Crippen molar-refractivity contribution in [3.05, 3.63) is 0 Å². The minimum atomic E-state index is -0.802. The first-order valence-electron chi connectivity index (χ1n) is 6.82. The predicted molar refractivity (Wildman–Crippen MR) is 68.7 cm³/mol. The normalized spacial score (nSPS) is 28.2. The lowest BCUT2D eigenvalue weighted by Crippen LogP contribution is -2.56. The molecule has 0 bridgehead atoms. The fourth-order valence-electron chi connectivity index (χ4n) is 2.55. The molecule has 0 amide bonds. The minimum absolute atomic E-state index is 0.0226. The average Bonchev–Trinajstić information content (AvgIpc) is 2.35. The molecule has 0 saturated heterocycles. The van der Waals surface area contributed by atoms with Gasteiger partial charge >= 0.3 is 5.97 Å². The molecule has 0 radical (unpaired) electrons. The van der Waals surface area contributed by atoms with Crippen LogP contribution in [-0.4, -0.2) is 49.1 Å². The van der Waals surface area contributed by atoms with Crippen LogP contribution in [0.4, 0.5) is 0 Å². The van der Waals surface area contributed by atoms with Crippen LogP contribution in [0.15, 0.2) is 0 Å². The molecule has 0 aliphatic heterocycles. The lowest BCUT2D eigenvalue weighted by molar-refractivity contribution is -0.149. The first-order chi connectivity index (χ1) is 8.64. The summed E-state index contributed by atoms with van der Waals surface area (Å²) >= 11 is 0. The van der Waals surface area contributed by atoms with E-state index in [1.54, 1.807) is 0 Å². The Morgan fingerprint density at radius 3 is 2.83 bits per heavy atom. The molecule has 5 heteroatoms. The zero-order chi connectivity index (χ0) is 13.4. The number of carboxylic acids is 1. The van der Waals surface area contributed by atoms with Gasteiger partial charge in [0.05, 0.1) is 19.3 Å². The number of aliphatic carboxylic acids is 1. The molecular formula is C13H25NO4. The lowest BCUT2D eigenvalue weighted by atomic mass is 9.80. The fraction of sp³-hybridized carbons (Fsp3) is 0.923. The van der Waals surface area contributed by atoms with E-state index in [9.17, 15) is 9.90 Å². The molecule has 1 aliphatic carbocycles. The van der Waals surface area contributed by atoms with Gasteiger partial charge in [-0.15, -0.1) is 0 Å². The standard InChI is InChI=1S/C13H25NO4/c1-3-14-13(12(15)16)7-5-6-11(10-13)18-9-8-17-4-2/h11,14H,3-10H2,1-2H3,(H,15,16). The molecule has 0 heterocycles. The Kier molecular flexibility index (Phi) is 6.60. The zero-order valence-corrected chi connectivity index (χ0v) is 11.4. The second-order valence-electron chi connectivity index (χ2n) is 4.70. The molecule has 1 rings (SSSR count). The summed E-state index contributed by atoms with van der Waals surface area (Å²) in [4.78, 5) is 11.4. The number of hydrogen-bond donors (Lipinski definition) is 2. The number of rotatable bonds is 8. The van der Waals surface area contributed by atoms with Crippen molar-refractivity contribution in [2.75, 3.05) is 26.4 Å². The summed E-state index contributed by atoms with van der Waals surface area (Å²) in [7, 11) is 0. The van der Waals surface area contributed by atoms with Crippen molar-refractivity contribution in [1.82, 2.24) is 5.32 Å². The van der Waals surface area contributed by atoms with Crippen molar-refractivity contribution >= 4 is 5.97 Å². The lowest BCUT2D eigenvalue weighted by Gasteiger charge is -2.38. The maximum absolute atomic E-state index is 11.4. The highest BCUT2D eigenvalue weighted by atomic mass is 16.5. The molecule has 2 atom stereocenters. The monoisotopic (exact) mass is 259 g/mol. The fourth-order valence-corrected chi connectivity index (χ4v) is 2.55. The number of ether oxygens (including phenoxy) is 2. The second-order valence-corrected chi connectivity index (χ2v) is 4.70. The van der Waals surface area contributed by atoms with E-state index in [4.69, 9.17) is 9.47 Å². The second kappa shape index (κ2) is 7.71. The summed E-state index contributed by atoms with van der Waals surface area (Å²) in [5.74, 6) is -0.762. The number of nitrogens with one attached hydrogen (secondary N) is 1.